The van der Waals surface area contributed by atoms with Gasteiger partial charge in [-0.3, -0.25) is 0 Å². The predicted octanol–water partition coefficient (Wildman–Crippen LogP) is 0.824. The Labute approximate surface area is 85.2 Å². The van der Waals surface area contributed by atoms with Gasteiger partial charge in [-0.05, 0) is 26.5 Å². The number of anilines is 1. The van der Waals surface area contributed by atoms with E-state index >= 15 is 0 Å². The van der Waals surface area contributed by atoms with Crippen molar-refractivity contribution >= 4 is 5.82 Å². The van der Waals surface area contributed by atoms with Crippen molar-refractivity contribution in [1.29, 1.82) is 0 Å². The summed E-state index contributed by atoms with van der Waals surface area (Å²) in [6, 6.07) is 1.94. The number of nitrogens with zero attached hydrogens (tertiary/aromatic N) is 3. The molecule has 0 aliphatic heterocycles. The monoisotopic (exact) mass is 194 g/mol. The fourth-order valence-corrected chi connectivity index (χ4v) is 1.36. The fraction of sp³-hybridized carbons (Fsp3) is 0.600. The van der Waals surface area contributed by atoms with Crippen LogP contribution in [0.15, 0.2) is 12.3 Å². The highest BCUT2D eigenvalue weighted by Crippen LogP contribution is 2.08. The first-order valence-electron chi connectivity index (χ1n) is 5.08. The van der Waals surface area contributed by atoms with Crippen LogP contribution in [0.4, 0.5) is 5.82 Å². The molecule has 1 rings (SSSR count). The lowest BCUT2D eigenvalue weighted by molar-refractivity contribution is 0.809. The van der Waals surface area contributed by atoms with Gasteiger partial charge in [0.15, 0.2) is 0 Å². The third kappa shape index (κ3) is 2.67. The molecule has 0 aromatic carbocycles. The molecule has 1 aromatic heterocycles. The maximum atomic E-state index is 5.46. The molecule has 4 nitrogen and oxygen atoms in total. The van der Waals surface area contributed by atoms with Crippen LogP contribution in [0.25, 0.3) is 0 Å². The number of hydrogen-bond acceptors (Lipinski definition) is 4. The molecule has 0 atom stereocenters. The zero-order valence-electron chi connectivity index (χ0n) is 8.90. The number of rotatable bonds is 5. The van der Waals surface area contributed by atoms with Gasteiger partial charge in [0, 0.05) is 25.7 Å². The van der Waals surface area contributed by atoms with Gasteiger partial charge in [-0.2, -0.15) is 0 Å². The molecular formula is C10H18N4. The molecule has 0 saturated carbocycles. The predicted molar refractivity (Wildman–Crippen MR) is 58.4 cm³/mol. The molecule has 2 N–H and O–H groups in total. The Morgan fingerprint density at radius 2 is 2.07 bits per heavy atom. The molecule has 0 fully saturated rings. The summed E-state index contributed by atoms with van der Waals surface area (Å²) < 4.78 is 0. The summed E-state index contributed by atoms with van der Waals surface area (Å²) in [5.41, 5.74) is 5.46. The first-order chi connectivity index (χ1) is 6.81. The van der Waals surface area contributed by atoms with Crippen molar-refractivity contribution in [2.24, 2.45) is 5.73 Å². The summed E-state index contributed by atoms with van der Waals surface area (Å²) in [6.07, 6.45) is 2.54. The number of aromatic nitrogens is 2. The van der Waals surface area contributed by atoms with Crippen molar-refractivity contribution < 1.29 is 0 Å². The van der Waals surface area contributed by atoms with Crippen molar-refractivity contribution in [3.05, 3.63) is 18.1 Å². The topological polar surface area (TPSA) is 55.0 Å². The second-order valence-corrected chi connectivity index (χ2v) is 3.04. The lowest BCUT2D eigenvalue weighted by Gasteiger charge is -2.19. The Hall–Kier alpha value is -1.16. The summed E-state index contributed by atoms with van der Waals surface area (Å²) >= 11 is 0. The highest BCUT2D eigenvalue weighted by atomic mass is 15.2. The van der Waals surface area contributed by atoms with Crippen LogP contribution < -0.4 is 10.6 Å². The van der Waals surface area contributed by atoms with Gasteiger partial charge >= 0.3 is 0 Å². The van der Waals surface area contributed by atoms with Crippen LogP contribution in [-0.2, 0) is 6.42 Å². The van der Waals surface area contributed by atoms with E-state index in [0.29, 0.717) is 6.54 Å². The van der Waals surface area contributed by atoms with E-state index in [9.17, 15) is 0 Å². The summed E-state index contributed by atoms with van der Waals surface area (Å²) in [4.78, 5) is 10.8. The summed E-state index contributed by atoms with van der Waals surface area (Å²) in [7, 11) is 0. The van der Waals surface area contributed by atoms with Crippen molar-refractivity contribution in [1.82, 2.24) is 9.97 Å². The molecule has 1 heterocycles. The molecule has 0 spiro atoms. The Bertz CT molecular complexity index is 271. The van der Waals surface area contributed by atoms with Crippen molar-refractivity contribution in [3.8, 4) is 0 Å². The second kappa shape index (κ2) is 5.54. The molecule has 14 heavy (non-hydrogen) atoms. The average Bonchev–Trinajstić information content (AvgIpc) is 2.21. The highest BCUT2D eigenvalue weighted by Gasteiger charge is 2.04. The zero-order valence-corrected chi connectivity index (χ0v) is 8.90. The van der Waals surface area contributed by atoms with E-state index < -0.39 is 0 Å². The maximum absolute atomic E-state index is 5.46. The number of nitrogens with two attached hydrogens (primary N) is 1. The van der Waals surface area contributed by atoms with Crippen molar-refractivity contribution in [2.45, 2.75) is 20.3 Å². The van der Waals surface area contributed by atoms with E-state index in [2.05, 4.69) is 28.7 Å². The third-order valence-electron chi connectivity index (χ3n) is 2.15. The van der Waals surface area contributed by atoms with E-state index in [1.807, 2.05) is 6.07 Å². The van der Waals surface area contributed by atoms with Crippen molar-refractivity contribution in [3.63, 3.8) is 0 Å². The lowest BCUT2D eigenvalue weighted by Crippen LogP contribution is -2.23. The van der Waals surface area contributed by atoms with E-state index in [-0.39, 0.29) is 0 Å². The minimum atomic E-state index is 0.599. The lowest BCUT2D eigenvalue weighted by atomic mass is 10.4. The fourth-order valence-electron chi connectivity index (χ4n) is 1.36. The highest BCUT2D eigenvalue weighted by molar-refractivity contribution is 5.36. The molecule has 0 bridgehead atoms. The molecule has 0 aliphatic rings. The Kier molecular flexibility index (Phi) is 4.32. The molecule has 4 heteroatoms. The van der Waals surface area contributed by atoms with E-state index in [1.165, 1.54) is 0 Å². The summed E-state index contributed by atoms with van der Waals surface area (Å²) in [5, 5.41) is 0. The minimum absolute atomic E-state index is 0.599. The summed E-state index contributed by atoms with van der Waals surface area (Å²) in [5.74, 6) is 1.82. The van der Waals surface area contributed by atoms with Crippen LogP contribution in [0.3, 0.4) is 0 Å². The minimum Gasteiger partial charge on any atom is -0.357 e. The molecule has 0 amide bonds. The van der Waals surface area contributed by atoms with E-state index in [4.69, 9.17) is 5.73 Å². The molecule has 1 aromatic rings. The van der Waals surface area contributed by atoms with Crippen molar-refractivity contribution in [2.75, 3.05) is 24.5 Å². The molecule has 0 saturated heterocycles. The third-order valence-corrected chi connectivity index (χ3v) is 2.15. The maximum Gasteiger partial charge on any atom is 0.132 e. The van der Waals surface area contributed by atoms with Crippen LogP contribution in [-0.4, -0.2) is 29.6 Å². The van der Waals surface area contributed by atoms with Gasteiger partial charge in [0.25, 0.3) is 0 Å². The average molecular weight is 194 g/mol. The van der Waals surface area contributed by atoms with E-state index in [1.54, 1.807) is 6.20 Å². The molecule has 0 aliphatic carbocycles. The van der Waals surface area contributed by atoms with Gasteiger partial charge < -0.3 is 10.6 Å². The normalized spacial score (nSPS) is 10.2. The van der Waals surface area contributed by atoms with Crippen LogP contribution in [0.2, 0.25) is 0 Å². The van der Waals surface area contributed by atoms with E-state index in [0.717, 1.165) is 31.2 Å². The number of hydrogen-bond donors (Lipinski definition) is 1. The second-order valence-electron chi connectivity index (χ2n) is 3.04. The molecule has 78 valence electrons. The van der Waals surface area contributed by atoms with Crippen LogP contribution in [0.1, 0.15) is 19.7 Å². The van der Waals surface area contributed by atoms with Gasteiger partial charge in [0.05, 0.1) is 0 Å². The SMILES string of the molecule is CCN(CC)c1ccnc(CCN)n1. The van der Waals surface area contributed by atoms with Gasteiger partial charge in [-0.1, -0.05) is 0 Å². The Morgan fingerprint density at radius 1 is 1.36 bits per heavy atom. The van der Waals surface area contributed by atoms with Gasteiger partial charge in [0.1, 0.15) is 11.6 Å². The van der Waals surface area contributed by atoms with Gasteiger partial charge in [-0.25, -0.2) is 9.97 Å². The first kappa shape index (κ1) is 10.9. The zero-order chi connectivity index (χ0) is 10.4. The Morgan fingerprint density at radius 3 is 2.64 bits per heavy atom. The quantitative estimate of drug-likeness (QED) is 0.754. The van der Waals surface area contributed by atoms with Crippen LogP contribution >= 0.6 is 0 Å². The van der Waals surface area contributed by atoms with Crippen LogP contribution in [0.5, 0.6) is 0 Å². The van der Waals surface area contributed by atoms with Gasteiger partial charge in [-0.15, -0.1) is 0 Å². The van der Waals surface area contributed by atoms with Gasteiger partial charge in [0.2, 0.25) is 0 Å². The molecule has 0 unspecified atom stereocenters. The molecular weight excluding hydrogens is 176 g/mol. The van der Waals surface area contributed by atoms with Crippen LogP contribution in [0, 0.1) is 0 Å². The smallest absolute Gasteiger partial charge is 0.132 e. The molecule has 0 radical (unpaired) electrons. The standard InChI is InChI=1S/C10H18N4/c1-3-14(4-2)10-6-8-12-9(13-10)5-7-11/h6,8H,3-5,7,11H2,1-2H3. The Balaban J connectivity index is 2.81. The summed E-state index contributed by atoms with van der Waals surface area (Å²) in [6.45, 7) is 6.77. The first-order valence-corrected chi connectivity index (χ1v) is 5.08. The largest absolute Gasteiger partial charge is 0.357 e.